The van der Waals surface area contributed by atoms with Crippen LogP contribution in [0.2, 0.25) is 6.32 Å². The van der Waals surface area contributed by atoms with Crippen molar-refractivity contribution in [2.75, 3.05) is 0 Å². The molecule has 1 rings (SSSR count). The van der Waals surface area contributed by atoms with Gasteiger partial charge in [-0.05, 0) is 25.1 Å². The summed E-state index contributed by atoms with van der Waals surface area (Å²) in [4.78, 5) is 0. The number of rotatable bonds is 3. The zero-order valence-electron chi connectivity index (χ0n) is 9.63. The number of allylic oxidation sites excluding steroid dienone is 2. The molecular weight excluding hydrogens is 171 g/mol. The topological polar surface area (TPSA) is 20.2 Å². The molecule has 0 bridgehead atoms. The minimum absolute atomic E-state index is 0.149. The fraction of sp³-hybridized carbons (Fsp3) is 0.833. The Labute approximate surface area is 88.7 Å². The van der Waals surface area contributed by atoms with Crippen LogP contribution in [-0.2, 0) is 0 Å². The van der Waals surface area contributed by atoms with Crippen LogP contribution in [0.3, 0.4) is 0 Å². The first-order chi connectivity index (χ1) is 6.74. The number of unbranched alkanes of at least 4 members (excludes halogenated alkanes) is 2. The van der Waals surface area contributed by atoms with Crippen molar-refractivity contribution in [2.45, 2.75) is 58.7 Å². The highest BCUT2D eigenvalue weighted by atomic mass is 16.2. The predicted octanol–water partition coefficient (Wildman–Crippen LogP) is 3.45. The van der Waals surface area contributed by atoms with Crippen LogP contribution in [0.4, 0.5) is 0 Å². The molecule has 80 valence electrons. The highest BCUT2D eigenvalue weighted by molar-refractivity contribution is 6.59. The standard InChI is InChI=1S/C12H23BO/c1-3-4-5-8-12-9-6-7-11(2)10-13(12)14/h8,11,14H,3-7,9-10H2,1-2H3/b12-8-. The van der Waals surface area contributed by atoms with E-state index in [1.54, 1.807) is 0 Å². The maximum atomic E-state index is 9.95. The Hall–Kier alpha value is -0.235. The third-order valence-corrected chi connectivity index (χ3v) is 3.18. The van der Waals surface area contributed by atoms with Crippen molar-refractivity contribution in [1.82, 2.24) is 0 Å². The maximum absolute atomic E-state index is 9.95. The van der Waals surface area contributed by atoms with Gasteiger partial charge >= 0.3 is 6.92 Å². The lowest BCUT2D eigenvalue weighted by Crippen LogP contribution is -2.16. The molecule has 0 aliphatic carbocycles. The van der Waals surface area contributed by atoms with Gasteiger partial charge in [-0.25, -0.2) is 0 Å². The molecular formula is C12H23BO. The fourth-order valence-electron chi connectivity index (χ4n) is 2.20. The maximum Gasteiger partial charge on any atom is 0.319 e. The van der Waals surface area contributed by atoms with Crippen LogP contribution in [-0.4, -0.2) is 11.9 Å². The molecule has 1 aliphatic rings. The lowest BCUT2D eigenvalue weighted by molar-refractivity contribution is 0.530. The Morgan fingerprint density at radius 2 is 2.36 bits per heavy atom. The Morgan fingerprint density at radius 3 is 3.07 bits per heavy atom. The molecule has 1 aliphatic heterocycles. The van der Waals surface area contributed by atoms with Gasteiger partial charge in [-0.1, -0.05) is 51.1 Å². The quantitative estimate of drug-likeness (QED) is 0.538. The van der Waals surface area contributed by atoms with Crippen LogP contribution < -0.4 is 0 Å². The molecule has 0 aromatic heterocycles. The molecule has 14 heavy (non-hydrogen) atoms. The lowest BCUT2D eigenvalue weighted by atomic mass is 9.55. The Kier molecular flexibility index (Phi) is 5.32. The number of hydrogen-bond donors (Lipinski definition) is 1. The molecule has 1 saturated heterocycles. The van der Waals surface area contributed by atoms with Crippen molar-refractivity contribution >= 4 is 6.92 Å². The summed E-state index contributed by atoms with van der Waals surface area (Å²) in [5.41, 5.74) is 1.31. The normalized spacial score (nSPS) is 26.6. The van der Waals surface area contributed by atoms with E-state index in [0.717, 1.165) is 19.2 Å². The summed E-state index contributed by atoms with van der Waals surface area (Å²) < 4.78 is 0. The SMILES string of the molecule is CCCC/C=C1/CCCC(C)CB1O. The van der Waals surface area contributed by atoms with Gasteiger partial charge in [-0.2, -0.15) is 0 Å². The molecule has 0 aromatic carbocycles. The van der Waals surface area contributed by atoms with Gasteiger partial charge in [0.1, 0.15) is 0 Å². The van der Waals surface area contributed by atoms with Gasteiger partial charge < -0.3 is 5.02 Å². The summed E-state index contributed by atoms with van der Waals surface area (Å²) in [6, 6.07) is 0. The molecule has 0 saturated carbocycles. The molecule has 1 fully saturated rings. The van der Waals surface area contributed by atoms with Gasteiger partial charge in [0.05, 0.1) is 0 Å². The van der Waals surface area contributed by atoms with Crippen LogP contribution in [0.25, 0.3) is 0 Å². The number of hydrogen-bond acceptors (Lipinski definition) is 1. The van der Waals surface area contributed by atoms with Crippen LogP contribution in [0.5, 0.6) is 0 Å². The van der Waals surface area contributed by atoms with E-state index in [9.17, 15) is 5.02 Å². The van der Waals surface area contributed by atoms with E-state index in [2.05, 4.69) is 19.9 Å². The van der Waals surface area contributed by atoms with E-state index in [0.29, 0.717) is 5.92 Å². The first-order valence-corrected chi connectivity index (χ1v) is 6.11. The van der Waals surface area contributed by atoms with E-state index >= 15 is 0 Å². The minimum atomic E-state index is -0.149. The van der Waals surface area contributed by atoms with Crippen molar-refractivity contribution in [2.24, 2.45) is 5.92 Å². The summed E-state index contributed by atoms with van der Waals surface area (Å²) in [6.07, 6.45) is 10.6. The highest BCUT2D eigenvalue weighted by Crippen LogP contribution is 2.26. The van der Waals surface area contributed by atoms with Gasteiger partial charge in [0.15, 0.2) is 0 Å². The Balaban J connectivity index is 2.45. The summed E-state index contributed by atoms with van der Waals surface area (Å²) in [5, 5.41) is 9.95. The van der Waals surface area contributed by atoms with Crippen molar-refractivity contribution in [1.29, 1.82) is 0 Å². The second-order valence-electron chi connectivity index (χ2n) is 4.67. The summed E-state index contributed by atoms with van der Waals surface area (Å²) in [5.74, 6) is 0.696. The second kappa shape index (κ2) is 6.29. The Morgan fingerprint density at radius 1 is 1.57 bits per heavy atom. The molecule has 0 amide bonds. The van der Waals surface area contributed by atoms with Crippen LogP contribution in [0.1, 0.15) is 52.4 Å². The molecule has 0 radical (unpaired) electrons. The predicted molar refractivity (Wildman–Crippen MR) is 63.4 cm³/mol. The average Bonchev–Trinajstić information content (AvgIpc) is 2.29. The van der Waals surface area contributed by atoms with Crippen molar-refractivity contribution in [3.05, 3.63) is 11.5 Å². The fourth-order valence-corrected chi connectivity index (χ4v) is 2.20. The third-order valence-electron chi connectivity index (χ3n) is 3.18. The average molecular weight is 194 g/mol. The highest BCUT2D eigenvalue weighted by Gasteiger charge is 2.22. The smallest absolute Gasteiger partial charge is 0.319 e. The Bertz CT molecular complexity index is 189. The van der Waals surface area contributed by atoms with E-state index in [4.69, 9.17) is 0 Å². The van der Waals surface area contributed by atoms with Gasteiger partial charge in [0.25, 0.3) is 0 Å². The summed E-state index contributed by atoms with van der Waals surface area (Å²) >= 11 is 0. The van der Waals surface area contributed by atoms with Crippen molar-refractivity contribution < 1.29 is 5.02 Å². The van der Waals surface area contributed by atoms with Crippen molar-refractivity contribution in [3.63, 3.8) is 0 Å². The minimum Gasteiger partial charge on any atom is -0.447 e. The lowest BCUT2D eigenvalue weighted by Gasteiger charge is -2.09. The van der Waals surface area contributed by atoms with Crippen molar-refractivity contribution in [3.8, 4) is 0 Å². The van der Waals surface area contributed by atoms with Gasteiger partial charge in [-0.3, -0.25) is 0 Å². The monoisotopic (exact) mass is 194 g/mol. The largest absolute Gasteiger partial charge is 0.447 e. The van der Waals surface area contributed by atoms with Gasteiger partial charge in [0.2, 0.25) is 0 Å². The van der Waals surface area contributed by atoms with E-state index in [-0.39, 0.29) is 6.92 Å². The second-order valence-corrected chi connectivity index (χ2v) is 4.67. The van der Waals surface area contributed by atoms with Gasteiger partial charge in [-0.15, -0.1) is 0 Å². The molecule has 1 nitrogen and oxygen atoms in total. The molecule has 1 N–H and O–H groups in total. The van der Waals surface area contributed by atoms with E-state index in [1.807, 2.05) is 0 Å². The zero-order valence-corrected chi connectivity index (χ0v) is 9.63. The summed E-state index contributed by atoms with van der Waals surface area (Å²) in [6.45, 7) is 4.31. The first kappa shape index (κ1) is 11.8. The molecule has 0 aromatic rings. The molecule has 1 heterocycles. The van der Waals surface area contributed by atoms with E-state index in [1.165, 1.54) is 31.2 Å². The summed E-state index contributed by atoms with van der Waals surface area (Å²) in [7, 11) is 0. The molecule has 2 heteroatoms. The molecule has 0 spiro atoms. The molecule has 1 atom stereocenters. The van der Waals surface area contributed by atoms with Crippen LogP contribution in [0.15, 0.2) is 11.5 Å². The van der Waals surface area contributed by atoms with Gasteiger partial charge in [0, 0.05) is 0 Å². The molecule has 1 unspecified atom stereocenters. The van der Waals surface area contributed by atoms with E-state index < -0.39 is 0 Å². The zero-order chi connectivity index (χ0) is 10.4. The van der Waals surface area contributed by atoms with Crippen LogP contribution >= 0.6 is 0 Å². The van der Waals surface area contributed by atoms with Crippen LogP contribution in [0, 0.1) is 5.92 Å². The first-order valence-electron chi connectivity index (χ1n) is 6.11. The third kappa shape index (κ3) is 3.87.